The second kappa shape index (κ2) is 16.1. The van der Waals surface area contributed by atoms with E-state index >= 15 is 0 Å². The minimum Gasteiger partial charge on any atom is -0.475 e. The third-order valence-electron chi connectivity index (χ3n) is 18.9. The number of carbonyl (C=O) groups excluding carboxylic acids is 1. The molecule has 0 spiro atoms. The van der Waals surface area contributed by atoms with Gasteiger partial charge in [0, 0.05) is 37.9 Å². The minimum absolute atomic E-state index is 0.0144. The molecule has 1 N–H and O–H groups in total. The molecule has 10 heteroatoms. The number of nitrogens with zero attached hydrogens (tertiary/aromatic N) is 2. The molecular formula is C50H74ClN3O5S. The molecule has 1 saturated heterocycles. The summed E-state index contributed by atoms with van der Waals surface area (Å²) in [5.41, 5.74) is 4.37. The Hall–Kier alpha value is -2.20. The second-order valence-electron chi connectivity index (χ2n) is 21.8. The van der Waals surface area contributed by atoms with Crippen LogP contribution in [0.1, 0.15) is 126 Å². The SMILES string of the molecule is C=C(C)C1CC[C@]2(NCCN3CCS(=O)(=O)CC3)CC[C@]3(C)[C@H](CC[C@@H]4[C@@]5(C)CC=C(C6=CC[C@](COc7ncccc7Cl)(C(=O)OCC)CC6)C(C)(C)[C@@H]5CC[C@]43C)[C@@H]12. The van der Waals surface area contributed by atoms with Crippen molar-refractivity contribution in [3.8, 4) is 5.88 Å². The maximum absolute atomic E-state index is 13.6. The van der Waals surface area contributed by atoms with E-state index in [2.05, 4.69) is 75.5 Å². The molecule has 1 aliphatic heterocycles. The molecule has 332 valence electrons. The number of fused-ring (bicyclic) bond motifs is 7. The van der Waals surface area contributed by atoms with E-state index in [1.807, 2.05) is 6.92 Å². The summed E-state index contributed by atoms with van der Waals surface area (Å²) in [7, 11) is -2.87. The van der Waals surface area contributed by atoms with Gasteiger partial charge in [0.05, 0.1) is 18.1 Å². The number of esters is 1. The molecule has 60 heavy (non-hydrogen) atoms. The van der Waals surface area contributed by atoms with Crippen LogP contribution in [0.25, 0.3) is 0 Å². The van der Waals surface area contributed by atoms with Crippen LogP contribution < -0.4 is 10.1 Å². The zero-order valence-electron chi connectivity index (χ0n) is 37.8. The van der Waals surface area contributed by atoms with Gasteiger partial charge in [0.15, 0.2) is 9.84 Å². The van der Waals surface area contributed by atoms with Crippen molar-refractivity contribution < 1.29 is 22.7 Å². The van der Waals surface area contributed by atoms with Crippen molar-refractivity contribution >= 4 is 27.4 Å². The number of rotatable bonds is 11. The molecular weight excluding hydrogens is 790 g/mol. The number of sulfone groups is 1. The summed E-state index contributed by atoms with van der Waals surface area (Å²) in [4.78, 5) is 20.3. The summed E-state index contributed by atoms with van der Waals surface area (Å²) in [6.45, 7) is 25.7. The van der Waals surface area contributed by atoms with Crippen molar-refractivity contribution in [1.29, 1.82) is 0 Å². The van der Waals surface area contributed by atoms with E-state index in [4.69, 9.17) is 21.1 Å². The van der Waals surface area contributed by atoms with Gasteiger partial charge in [-0.15, -0.1) is 0 Å². The molecule has 6 aliphatic carbocycles. The van der Waals surface area contributed by atoms with Crippen molar-refractivity contribution in [1.82, 2.24) is 15.2 Å². The Balaban J connectivity index is 1.01. The average Bonchev–Trinajstić information content (AvgIpc) is 3.59. The van der Waals surface area contributed by atoms with E-state index in [9.17, 15) is 13.2 Å². The van der Waals surface area contributed by atoms with Crippen LogP contribution in [0.3, 0.4) is 0 Å². The van der Waals surface area contributed by atoms with Crippen LogP contribution >= 0.6 is 11.6 Å². The first-order valence-corrected chi connectivity index (χ1v) is 25.7. The molecule has 2 heterocycles. The maximum atomic E-state index is 13.6. The van der Waals surface area contributed by atoms with Gasteiger partial charge in [-0.05, 0) is 165 Å². The van der Waals surface area contributed by atoms with Gasteiger partial charge in [-0.1, -0.05) is 70.5 Å². The summed E-state index contributed by atoms with van der Waals surface area (Å²) in [6.07, 6.45) is 19.9. The molecule has 0 bridgehead atoms. The number of ether oxygens (including phenoxy) is 2. The highest BCUT2D eigenvalue weighted by Gasteiger charge is 2.70. The van der Waals surface area contributed by atoms with Crippen LogP contribution in [0, 0.1) is 56.7 Å². The molecule has 8 nitrogen and oxygen atoms in total. The Morgan fingerprint density at radius 3 is 2.42 bits per heavy atom. The molecule has 0 radical (unpaired) electrons. The number of allylic oxidation sites excluding steroid dienone is 5. The fourth-order valence-corrected chi connectivity index (χ4v) is 17.0. The number of carbonyl (C=O) groups is 1. The van der Waals surface area contributed by atoms with Gasteiger partial charge < -0.3 is 19.7 Å². The zero-order chi connectivity index (χ0) is 42.9. The lowest BCUT2D eigenvalue weighted by Crippen LogP contribution is -2.68. The molecule has 7 aliphatic rings. The summed E-state index contributed by atoms with van der Waals surface area (Å²) in [5.74, 6) is 3.80. The first-order valence-electron chi connectivity index (χ1n) is 23.5. The largest absolute Gasteiger partial charge is 0.475 e. The van der Waals surface area contributed by atoms with Gasteiger partial charge in [-0.25, -0.2) is 13.4 Å². The van der Waals surface area contributed by atoms with E-state index < -0.39 is 15.3 Å². The first-order chi connectivity index (χ1) is 28.3. The molecule has 8 rings (SSSR count). The number of hydrogen-bond acceptors (Lipinski definition) is 8. The predicted octanol–water partition coefficient (Wildman–Crippen LogP) is 10.0. The lowest BCUT2D eigenvalue weighted by atomic mass is 9.33. The van der Waals surface area contributed by atoms with Crippen LogP contribution in [0.2, 0.25) is 5.02 Å². The van der Waals surface area contributed by atoms with Crippen LogP contribution in [0.4, 0.5) is 0 Å². The minimum atomic E-state index is -2.87. The molecule has 1 aromatic heterocycles. The van der Waals surface area contributed by atoms with Crippen molar-refractivity contribution in [2.75, 3.05) is 50.9 Å². The normalized spacial score (nSPS) is 40.8. The van der Waals surface area contributed by atoms with Crippen LogP contribution in [-0.2, 0) is 19.4 Å². The topological polar surface area (TPSA) is 97.8 Å². The van der Waals surface area contributed by atoms with Crippen molar-refractivity contribution in [2.24, 2.45) is 56.7 Å². The van der Waals surface area contributed by atoms with Crippen LogP contribution in [-0.4, -0.2) is 80.7 Å². The monoisotopic (exact) mass is 864 g/mol. The third kappa shape index (κ3) is 7.27. The Kier molecular flexibility index (Phi) is 11.9. The molecule has 1 unspecified atom stereocenters. The van der Waals surface area contributed by atoms with E-state index in [0.29, 0.717) is 84.5 Å². The van der Waals surface area contributed by atoms with E-state index in [-0.39, 0.29) is 39.8 Å². The second-order valence-corrected chi connectivity index (χ2v) is 24.5. The van der Waals surface area contributed by atoms with Gasteiger partial charge in [-0.3, -0.25) is 4.79 Å². The number of pyridine rings is 1. The Morgan fingerprint density at radius 2 is 1.73 bits per heavy atom. The smallest absolute Gasteiger partial charge is 0.315 e. The molecule has 4 saturated carbocycles. The molecule has 10 atom stereocenters. The standard InChI is InChI=1S/C50H74ClN3O5S/c1-9-58-44(55)49(33-59-43-39(51)11-10-26-52-43)21-14-35(15-22-49)37-17-19-46(6)40(45(37,4)5)18-20-48(8)41(46)13-12-38-42-36(34(2)3)16-23-50(42,25-24-47(38,48)7)53-27-28-54-29-31-60(56,57)32-30-54/h10-11,14,17,26,36,38,40-42,53H,2,9,12-13,15-16,18-25,27-33H2,1,3-8H3/t36?,38-,40+,41-,42-,46+,47-,48-,49+,50+/m1/s1. The van der Waals surface area contributed by atoms with Gasteiger partial charge >= 0.3 is 5.97 Å². The number of nitrogens with one attached hydrogen (secondary N) is 1. The van der Waals surface area contributed by atoms with Gasteiger partial charge in [-0.2, -0.15) is 0 Å². The fourth-order valence-electron chi connectivity index (χ4n) is 15.5. The lowest BCUT2D eigenvalue weighted by Gasteiger charge is -2.72. The van der Waals surface area contributed by atoms with Gasteiger partial charge in [0.1, 0.15) is 17.0 Å². The predicted molar refractivity (Wildman–Crippen MR) is 242 cm³/mol. The van der Waals surface area contributed by atoms with Crippen LogP contribution in [0.5, 0.6) is 5.88 Å². The summed E-state index contributed by atoms with van der Waals surface area (Å²) >= 11 is 6.39. The highest BCUT2D eigenvalue weighted by molar-refractivity contribution is 7.91. The highest BCUT2D eigenvalue weighted by Crippen LogP contribution is 2.76. The quantitative estimate of drug-likeness (QED) is 0.174. The maximum Gasteiger partial charge on any atom is 0.315 e. The Labute approximate surface area is 367 Å². The van der Waals surface area contributed by atoms with E-state index in [1.54, 1.807) is 18.3 Å². The van der Waals surface area contributed by atoms with E-state index in [1.165, 1.54) is 68.1 Å². The Morgan fingerprint density at radius 1 is 0.967 bits per heavy atom. The summed E-state index contributed by atoms with van der Waals surface area (Å²) in [6, 6.07) is 3.54. The van der Waals surface area contributed by atoms with Gasteiger partial charge in [0.2, 0.25) is 5.88 Å². The highest BCUT2D eigenvalue weighted by atomic mass is 35.5. The first kappa shape index (κ1) is 44.4. The van der Waals surface area contributed by atoms with Crippen LogP contribution in [0.15, 0.2) is 53.8 Å². The summed E-state index contributed by atoms with van der Waals surface area (Å²) in [5, 5.41) is 4.67. The molecule has 0 amide bonds. The molecule has 0 aromatic carbocycles. The zero-order valence-corrected chi connectivity index (χ0v) is 39.4. The van der Waals surface area contributed by atoms with Crippen molar-refractivity contribution in [3.05, 3.63) is 58.8 Å². The summed E-state index contributed by atoms with van der Waals surface area (Å²) < 4.78 is 36.0. The molecule has 1 aromatic rings. The average molecular weight is 865 g/mol. The lowest BCUT2D eigenvalue weighted by molar-refractivity contribution is -0.221. The van der Waals surface area contributed by atoms with Gasteiger partial charge in [0.25, 0.3) is 0 Å². The molecule has 5 fully saturated rings. The third-order valence-corrected chi connectivity index (χ3v) is 20.8. The van der Waals surface area contributed by atoms with E-state index in [0.717, 1.165) is 25.9 Å². The number of hydrogen-bond donors (Lipinski definition) is 1. The number of halogens is 1. The van der Waals surface area contributed by atoms with Crippen molar-refractivity contribution in [2.45, 2.75) is 131 Å². The number of aromatic nitrogens is 1. The Bertz CT molecular complexity index is 2000. The fraction of sp³-hybridized carbons (Fsp3) is 0.760. The van der Waals surface area contributed by atoms with Crippen molar-refractivity contribution in [3.63, 3.8) is 0 Å².